The Morgan fingerprint density at radius 3 is 2.09 bits per heavy atom. The molecule has 45 heavy (non-hydrogen) atoms. The van der Waals surface area contributed by atoms with Crippen LogP contribution < -0.4 is 9.47 Å². The predicted molar refractivity (Wildman–Crippen MR) is 177 cm³/mol. The van der Waals surface area contributed by atoms with Crippen molar-refractivity contribution in [3.8, 4) is 17.2 Å². The number of hydrogen-bond acceptors (Lipinski definition) is 7. The molecule has 0 amide bonds. The lowest BCUT2D eigenvalue weighted by atomic mass is 10.1. The molecule has 0 aliphatic rings. The highest BCUT2D eigenvalue weighted by atomic mass is 19.1. The lowest BCUT2D eigenvalue weighted by molar-refractivity contribution is 0.0734. The number of phenols is 1. The van der Waals surface area contributed by atoms with Gasteiger partial charge in [-0.1, -0.05) is 57.9 Å². The monoisotopic (exact) mass is 609 g/mol. The average molecular weight is 610 g/mol. The first-order valence-electron chi connectivity index (χ1n) is 15.5. The molecule has 0 atom stereocenters. The quantitative estimate of drug-likeness (QED) is 0.0450. The van der Waals surface area contributed by atoms with Crippen LogP contribution in [0, 0.1) is 12.7 Å². The number of benzene rings is 4. The van der Waals surface area contributed by atoms with Gasteiger partial charge in [0.15, 0.2) is 0 Å². The molecule has 1 N–H and O–H groups in total. The summed E-state index contributed by atoms with van der Waals surface area (Å²) in [5, 5.41) is 18.7. The molecule has 0 spiro atoms. The fraction of sp³-hybridized carbons (Fsp3) is 0.297. The van der Waals surface area contributed by atoms with Gasteiger partial charge in [-0.3, -0.25) is 4.99 Å². The van der Waals surface area contributed by atoms with E-state index in [9.17, 15) is 14.3 Å². The molecule has 4 aromatic carbocycles. The first kappa shape index (κ1) is 33.1. The summed E-state index contributed by atoms with van der Waals surface area (Å²) < 4.78 is 24.5. The van der Waals surface area contributed by atoms with Crippen molar-refractivity contribution in [3.63, 3.8) is 0 Å². The predicted octanol–water partition coefficient (Wildman–Crippen LogP) is 10.7. The SMILES string of the molecule is CCCCCCCCCCOc1ccc(C=Nc2cccc(C(=O)Oc3ccc(N=Nc4ccc(F)cc4)cc3)c2C)c(O)c1. The third-order valence-corrected chi connectivity index (χ3v) is 7.29. The average Bonchev–Trinajstić information content (AvgIpc) is 3.04. The summed E-state index contributed by atoms with van der Waals surface area (Å²) >= 11 is 0. The zero-order valence-electron chi connectivity index (χ0n) is 25.9. The van der Waals surface area contributed by atoms with Gasteiger partial charge < -0.3 is 14.6 Å². The van der Waals surface area contributed by atoms with Crippen LogP contribution in [0.5, 0.6) is 17.2 Å². The molecule has 0 heterocycles. The molecule has 0 unspecified atom stereocenters. The molecule has 0 aliphatic carbocycles. The molecule has 0 saturated carbocycles. The summed E-state index contributed by atoms with van der Waals surface area (Å²) in [7, 11) is 0. The van der Waals surface area contributed by atoms with Gasteiger partial charge >= 0.3 is 5.97 Å². The van der Waals surface area contributed by atoms with Crippen LogP contribution in [-0.2, 0) is 0 Å². The van der Waals surface area contributed by atoms with Crippen molar-refractivity contribution in [2.45, 2.75) is 65.2 Å². The molecular weight excluding hydrogens is 569 g/mol. The van der Waals surface area contributed by atoms with Crippen LogP contribution in [0.2, 0.25) is 0 Å². The Morgan fingerprint density at radius 1 is 0.800 bits per heavy atom. The number of esters is 1. The van der Waals surface area contributed by atoms with E-state index in [0.717, 1.165) is 12.8 Å². The van der Waals surface area contributed by atoms with Crippen molar-refractivity contribution in [1.29, 1.82) is 0 Å². The number of halogens is 1. The van der Waals surface area contributed by atoms with Gasteiger partial charge in [0.2, 0.25) is 0 Å². The summed E-state index contributed by atoms with van der Waals surface area (Å²) in [4.78, 5) is 17.5. The number of carbonyl (C=O) groups excluding carboxylic acids is 1. The summed E-state index contributed by atoms with van der Waals surface area (Å²) in [5.41, 5.74) is 3.22. The minimum absolute atomic E-state index is 0.0704. The van der Waals surface area contributed by atoms with Crippen LogP contribution in [0.25, 0.3) is 0 Å². The number of phenolic OH excluding ortho intramolecular Hbond substituents is 1. The lowest BCUT2D eigenvalue weighted by Gasteiger charge is -2.09. The van der Waals surface area contributed by atoms with Crippen molar-refractivity contribution in [1.82, 2.24) is 0 Å². The first-order valence-corrected chi connectivity index (χ1v) is 15.5. The number of rotatable bonds is 16. The zero-order chi connectivity index (χ0) is 31.9. The van der Waals surface area contributed by atoms with Crippen LogP contribution >= 0.6 is 0 Å². The normalized spacial score (nSPS) is 11.4. The third kappa shape index (κ3) is 10.7. The molecule has 7 nitrogen and oxygen atoms in total. The minimum Gasteiger partial charge on any atom is -0.507 e. The molecule has 0 radical (unpaired) electrons. The number of hydrogen-bond donors (Lipinski definition) is 1. The van der Waals surface area contributed by atoms with Crippen molar-refractivity contribution in [2.24, 2.45) is 15.2 Å². The van der Waals surface area contributed by atoms with E-state index in [1.807, 2.05) is 6.07 Å². The Balaban J connectivity index is 1.29. The van der Waals surface area contributed by atoms with Gasteiger partial charge in [-0.2, -0.15) is 10.2 Å². The largest absolute Gasteiger partial charge is 0.507 e. The van der Waals surface area contributed by atoms with E-state index in [-0.39, 0.29) is 11.6 Å². The van der Waals surface area contributed by atoms with E-state index in [4.69, 9.17) is 9.47 Å². The second-order valence-corrected chi connectivity index (χ2v) is 10.8. The third-order valence-electron chi connectivity index (χ3n) is 7.29. The highest BCUT2D eigenvalue weighted by Crippen LogP contribution is 2.27. The molecule has 4 aromatic rings. The Hall–Kier alpha value is -4.85. The maximum atomic E-state index is 13.1. The topological polar surface area (TPSA) is 92.8 Å². The molecule has 0 fully saturated rings. The zero-order valence-corrected chi connectivity index (χ0v) is 25.9. The number of aromatic hydroxyl groups is 1. The van der Waals surface area contributed by atoms with Crippen LogP contribution in [0.1, 0.15) is 79.8 Å². The number of unbranched alkanes of at least 4 members (excludes halogenated alkanes) is 7. The van der Waals surface area contributed by atoms with Crippen molar-refractivity contribution >= 4 is 29.2 Å². The number of carbonyl (C=O) groups is 1. The second kappa shape index (κ2) is 17.4. The standard InChI is InChI=1S/C37H40FN3O4/c1-3-4-5-6-7-8-9-10-24-44-33-21-14-28(36(42)25-33)26-39-35-13-11-12-34(27(35)2)37(43)45-32-22-19-31(20-23-32)41-40-30-17-15-29(38)16-18-30/h11-23,25-26,42H,3-10,24H2,1-2H3. The smallest absolute Gasteiger partial charge is 0.343 e. The summed E-state index contributed by atoms with van der Waals surface area (Å²) in [6.45, 7) is 4.65. The highest BCUT2D eigenvalue weighted by molar-refractivity contribution is 5.94. The Kier molecular flexibility index (Phi) is 12.8. The van der Waals surface area contributed by atoms with Crippen LogP contribution in [-0.4, -0.2) is 23.9 Å². The van der Waals surface area contributed by atoms with Crippen molar-refractivity contribution in [3.05, 3.63) is 107 Å². The van der Waals surface area contributed by atoms with E-state index < -0.39 is 5.97 Å². The van der Waals surface area contributed by atoms with Gasteiger partial charge in [-0.15, -0.1) is 0 Å². The van der Waals surface area contributed by atoms with E-state index >= 15 is 0 Å². The van der Waals surface area contributed by atoms with Gasteiger partial charge in [0.05, 0.1) is 29.2 Å². The van der Waals surface area contributed by atoms with Gasteiger partial charge in [0.25, 0.3) is 0 Å². The molecular formula is C37H40FN3O4. The number of ether oxygens (including phenoxy) is 2. The second-order valence-electron chi connectivity index (χ2n) is 10.8. The fourth-order valence-electron chi connectivity index (χ4n) is 4.64. The lowest BCUT2D eigenvalue weighted by Crippen LogP contribution is -2.10. The van der Waals surface area contributed by atoms with E-state index in [2.05, 4.69) is 22.1 Å². The molecule has 234 valence electrons. The van der Waals surface area contributed by atoms with E-state index in [0.29, 0.717) is 51.9 Å². The molecule has 0 aliphatic heterocycles. The number of aliphatic imine (C=N–C) groups is 1. The van der Waals surface area contributed by atoms with Crippen molar-refractivity contribution in [2.75, 3.05) is 6.61 Å². The van der Waals surface area contributed by atoms with E-state index in [1.54, 1.807) is 67.7 Å². The van der Waals surface area contributed by atoms with Gasteiger partial charge in [0.1, 0.15) is 23.1 Å². The first-order chi connectivity index (χ1) is 21.9. The minimum atomic E-state index is -0.522. The Morgan fingerprint density at radius 2 is 1.42 bits per heavy atom. The van der Waals surface area contributed by atoms with Crippen molar-refractivity contribution < 1.29 is 23.8 Å². The van der Waals surface area contributed by atoms with Gasteiger partial charge in [-0.25, -0.2) is 9.18 Å². The molecule has 0 aromatic heterocycles. The highest BCUT2D eigenvalue weighted by Gasteiger charge is 2.14. The Bertz CT molecular complexity index is 1580. The molecule has 0 bridgehead atoms. The summed E-state index contributed by atoms with van der Waals surface area (Å²) in [6.07, 6.45) is 11.4. The number of nitrogens with zero attached hydrogens (tertiary/aromatic N) is 3. The van der Waals surface area contributed by atoms with Crippen LogP contribution in [0.15, 0.2) is 100 Å². The maximum absolute atomic E-state index is 13.1. The van der Waals surface area contributed by atoms with Gasteiger partial charge in [-0.05, 0) is 91.7 Å². The summed E-state index contributed by atoms with van der Waals surface area (Å²) in [5.74, 6) is 0.181. The fourth-order valence-corrected chi connectivity index (χ4v) is 4.64. The maximum Gasteiger partial charge on any atom is 0.343 e. The molecule has 4 rings (SSSR count). The number of azo groups is 1. The van der Waals surface area contributed by atoms with Crippen LogP contribution in [0.3, 0.4) is 0 Å². The summed E-state index contributed by atoms with van der Waals surface area (Å²) in [6, 6.07) is 22.7. The van der Waals surface area contributed by atoms with E-state index in [1.165, 1.54) is 62.8 Å². The Labute approximate surface area is 264 Å². The van der Waals surface area contributed by atoms with Gasteiger partial charge in [0, 0.05) is 17.8 Å². The molecule has 8 heteroatoms. The van der Waals surface area contributed by atoms with Crippen LogP contribution in [0.4, 0.5) is 21.5 Å². The molecule has 0 saturated heterocycles.